The van der Waals surface area contributed by atoms with Gasteiger partial charge in [-0.2, -0.15) is 29.3 Å². The topological polar surface area (TPSA) is 0 Å². The number of rotatable bonds is 2. The Kier molecular flexibility index (Phi) is 13.4. The minimum absolute atomic E-state index is 0. The van der Waals surface area contributed by atoms with Crippen LogP contribution in [0.5, 0.6) is 0 Å². The largest absolute Gasteiger partial charge is 1.00 e. The van der Waals surface area contributed by atoms with Crippen LogP contribution in [0.1, 0.15) is 133 Å². The van der Waals surface area contributed by atoms with Crippen LogP contribution in [0.25, 0.3) is 21.9 Å². The summed E-state index contributed by atoms with van der Waals surface area (Å²) in [7, 11) is 0. The molecule has 1 unspecified atom stereocenters. The van der Waals surface area contributed by atoms with E-state index >= 15 is 0 Å². The second-order valence-corrected chi connectivity index (χ2v) is 21.5. The van der Waals surface area contributed by atoms with Gasteiger partial charge in [-0.15, -0.1) is 16.7 Å². The summed E-state index contributed by atoms with van der Waals surface area (Å²) in [6, 6.07) is 26.1. The average molecular weight is 849 g/mol. The Morgan fingerprint density at radius 3 is 1.87 bits per heavy atom. The van der Waals surface area contributed by atoms with Gasteiger partial charge >= 0.3 is 93.2 Å². The summed E-state index contributed by atoms with van der Waals surface area (Å²) < 4.78 is 1.46. The van der Waals surface area contributed by atoms with Crippen molar-refractivity contribution in [3.63, 3.8) is 0 Å². The van der Waals surface area contributed by atoms with E-state index in [2.05, 4.69) is 161 Å². The Labute approximate surface area is 361 Å². The number of allylic oxidation sites excluding steroid dienone is 4. The van der Waals surface area contributed by atoms with E-state index in [0.29, 0.717) is 11.3 Å². The maximum Gasteiger partial charge on any atom is -0.0129 e. The summed E-state index contributed by atoms with van der Waals surface area (Å²) >= 11 is 1.50. The van der Waals surface area contributed by atoms with Crippen molar-refractivity contribution in [2.45, 2.75) is 126 Å². The van der Waals surface area contributed by atoms with Gasteiger partial charge in [0.25, 0.3) is 0 Å². The fourth-order valence-electron chi connectivity index (χ4n) is 11.0. The molecule has 4 aromatic rings. The van der Waals surface area contributed by atoms with Gasteiger partial charge in [-0.1, -0.05) is 96.8 Å². The third-order valence-electron chi connectivity index (χ3n) is 13.6. The minimum Gasteiger partial charge on any atom is -1.00 e. The molecule has 4 fully saturated rings. The van der Waals surface area contributed by atoms with Gasteiger partial charge in [0.15, 0.2) is 0 Å². The van der Waals surface area contributed by atoms with Crippen molar-refractivity contribution in [1.29, 1.82) is 0 Å². The van der Waals surface area contributed by atoms with Gasteiger partial charge in [0.05, 0.1) is 0 Å². The van der Waals surface area contributed by atoms with Crippen LogP contribution in [0.15, 0.2) is 78.4 Å². The molecule has 0 N–H and O–H groups in total. The molecule has 1 atom stereocenters. The smallest absolute Gasteiger partial charge is 0.0129 e. The van der Waals surface area contributed by atoms with Crippen LogP contribution in [0.3, 0.4) is 0 Å². The molecule has 0 aliphatic heterocycles. The molecule has 0 nitrogen and oxygen atoms in total. The third-order valence-corrected chi connectivity index (χ3v) is 14.4. The predicted molar refractivity (Wildman–Crippen MR) is 224 cm³/mol. The number of hydrogen-bond donors (Lipinski definition) is 0. The molecule has 6 aliphatic carbocycles. The summed E-state index contributed by atoms with van der Waals surface area (Å²) in [6.45, 7) is 25.3. The molecule has 4 aromatic carbocycles. The van der Waals surface area contributed by atoms with Crippen LogP contribution in [-0.2, 0) is 41.5 Å². The average Bonchev–Trinajstić information content (AvgIpc) is 3.68. The maximum atomic E-state index is 3.69. The van der Waals surface area contributed by atoms with Gasteiger partial charge in [-0.05, 0) is 91.2 Å². The van der Waals surface area contributed by atoms with E-state index in [0.717, 1.165) is 30.1 Å². The SMILES string of the molecule is CC1[C-]=CC(C2(C)C3CC4CC(C3)CC2C4)=C1.C[C](=[Zr+2])c1ccc2ccccc2c1.Cc1[c-]c2c(cc1C(C)(C)C)-c1cc(C(C)(C)C)c(C)cc1C2.[Cl-].[Cl-]. The second-order valence-electron chi connectivity index (χ2n) is 19.7. The van der Waals surface area contributed by atoms with Gasteiger partial charge in [-0.3, -0.25) is 6.08 Å². The molecule has 0 amide bonds. The van der Waals surface area contributed by atoms with Crippen molar-refractivity contribution in [3.8, 4) is 11.1 Å². The molecule has 0 radical (unpaired) electrons. The molecule has 0 heterocycles. The Morgan fingerprint density at radius 1 is 0.745 bits per heavy atom. The summed E-state index contributed by atoms with van der Waals surface area (Å²) in [5, 5.41) is 2.66. The predicted octanol–water partition coefficient (Wildman–Crippen LogP) is 7.59. The second kappa shape index (κ2) is 16.7. The van der Waals surface area contributed by atoms with Crippen LogP contribution in [0.4, 0.5) is 0 Å². The van der Waals surface area contributed by atoms with E-state index in [1.165, 1.54) is 114 Å². The van der Waals surface area contributed by atoms with Crippen molar-refractivity contribution >= 4 is 14.0 Å². The number of fused-ring (bicyclic) bond motifs is 4. The van der Waals surface area contributed by atoms with Crippen molar-refractivity contribution in [1.82, 2.24) is 0 Å². The molecule has 4 bridgehead atoms. The quantitative estimate of drug-likeness (QED) is 0.161. The zero-order chi connectivity index (χ0) is 38.0. The van der Waals surface area contributed by atoms with Crippen molar-refractivity contribution in [3.05, 3.63) is 129 Å². The van der Waals surface area contributed by atoms with Crippen LogP contribution in [0, 0.1) is 61.0 Å². The molecular formula is C52H62Cl2Zr-2. The zero-order valence-electron chi connectivity index (χ0n) is 35.3. The molecule has 0 spiro atoms. The van der Waals surface area contributed by atoms with Crippen molar-refractivity contribution < 1.29 is 49.0 Å². The maximum absolute atomic E-state index is 3.69. The first-order valence-corrected chi connectivity index (χ1v) is 21.7. The Hall–Kier alpha value is -2.05. The molecule has 0 aromatic heterocycles. The van der Waals surface area contributed by atoms with Crippen molar-refractivity contribution in [2.75, 3.05) is 0 Å². The van der Waals surface area contributed by atoms with Gasteiger partial charge in [0.2, 0.25) is 0 Å². The summed E-state index contributed by atoms with van der Waals surface area (Å²) in [4.78, 5) is 0. The van der Waals surface area contributed by atoms with Crippen LogP contribution in [0.2, 0.25) is 0 Å². The molecule has 10 rings (SSSR count). The summed E-state index contributed by atoms with van der Waals surface area (Å²) in [6.07, 6.45) is 17.0. The van der Waals surface area contributed by atoms with Crippen LogP contribution >= 0.6 is 0 Å². The van der Waals surface area contributed by atoms with E-state index in [9.17, 15) is 0 Å². The van der Waals surface area contributed by atoms with E-state index in [-0.39, 0.29) is 35.6 Å². The fourth-order valence-corrected chi connectivity index (χ4v) is 11.4. The third kappa shape index (κ3) is 8.86. The first-order valence-electron chi connectivity index (χ1n) is 20.5. The van der Waals surface area contributed by atoms with Gasteiger partial charge in [0.1, 0.15) is 0 Å². The van der Waals surface area contributed by atoms with Crippen molar-refractivity contribution in [2.24, 2.45) is 35.0 Å². The molecule has 0 saturated heterocycles. The molecular weight excluding hydrogens is 787 g/mol. The molecule has 4 saturated carbocycles. The minimum atomic E-state index is 0. The number of benzene rings is 4. The van der Waals surface area contributed by atoms with E-state index in [1.807, 2.05) is 0 Å². The van der Waals surface area contributed by atoms with E-state index in [1.54, 1.807) is 12.0 Å². The van der Waals surface area contributed by atoms with E-state index < -0.39 is 0 Å². The van der Waals surface area contributed by atoms with Crippen LogP contribution in [-0.4, -0.2) is 3.21 Å². The Morgan fingerprint density at radius 2 is 1.33 bits per heavy atom. The summed E-state index contributed by atoms with van der Waals surface area (Å²) in [5.74, 6) is 4.68. The zero-order valence-corrected chi connectivity index (χ0v) is 39.3. The van der Waals surface area contributed by atoms with Gasteiger partial charge in [-0.25, -0.2) is 6.08 Å². The normalized spacial score (nSPS) is 25.4. The van der Waals surface area contributed by atoms with Crippen LogP contribution < -0.4 is 24.8 Å². The number of halogens is 2. The molecule has 3 heteroatoms. The molecule has 6 aliphatic rings. The molecule has 55 heavy (non-hydrogen) atoms. The Balaban J connectivity index is 0.000000161. The monoisotopic (exact) mass is 846 g/mol. The standard InChI is InChI=1S/C23H29.C17H23.C12H10.2ClH.Zr/c1-14-9-16-11-17-10-15(2)21(23(6,7)8)13-19(17)18(16)12-20(14)22(3,4)5;1-11-3-4-14(5-11)17(2)15-7-12-6-13(9-15)10-16(17)8-12;1-2-10-7-8-11-5-3-4-6-12(11)9-10;;;/h9,12-13H,11H2,1-8H3;4-5,11-13,15-16H,6-10H2,1-2H3;3-9H,1H3;2*1H;/q2*-1;;;;+2/p-2. The molecule has 290 valence electrons. The Bertz CT molecular complexity index is 2020. The summed E-state index contributed by atoms with van der Waals surface area (Å²) in [5.41, 5.74) is 15.1. The first kappa shape index (κ1) is 44.1. The number of hydrogen-bond acceptors (Lipinski definition) is 0. The fraction of sp³-hybridized carbons (Fsp3) is 0.481. The first-order chi connectivity index (χ1) is 24.9. The van der Waals surface area contributed by atoms with E-state index in [4.69, 9.17) is 0 Å². The number of aryl methyl sites for hydroxylation is 2. The van der Waals surface area contributed by atoms with Gasteiger partial charge in [0, 0.05) is 0 Å². The van der Waals surface area contributed by atoms with Gasteiger partial charge < -0.3 is 24.8 Å².